The molecule has 0 unspecified atom stereocenters. The van der Waals surface area contributed by atoms with E-state index in [1.165, 1.54) is 18.2 Å². The first-order chi connectivity index (χ1) is 14.3. The van der Waals surface area contributed by atoms with Crippen LogP contribution in [0.3, 0.4) is 0 Å². The summed E-state index contributed by atoms with van der Waals surface area (Å²) in [5.74, 6) is -0.508. The van der Waals surface area contributed by atoms with Crippen molar-refractivity contribution in [3.8, 4) is 17.0 Å². The summed E-state index contributed by atoms with van der Waals surface area (Å²) in [7, 11) is 1.63. The number of halogens is 3. The number of alkyl halides is 1. The van der Waals surface area contributed by atoms with Gasteiger partial charge in [-0.05, 0) is 41.2 Å². The molecule has 0 fully saturated rings. The monoisotopic (exact) mass is 521 g/mol. The third kappa shape index (κ3) is 2.85. The van der Waals surface area contributed by atoms with Crippen LogP contribution in [-0.2, 0) is 5.41 Å². The first-order valence-electron chi connectivity index (χ1n) is 9.67. The maximum Gasteiger partial charge on any atom is 0.135 e. The normalized spacial score (nSPS) is 22.0. The number of rotatable bonds is 4. The zero-order chi connectivity index (χ0) is 21.7. The highest BCUT2D eigenvalue weighted by Gasteiger charge is 2.59. The molecule has 1 aliphatic rings. The van der Waals surface area contributed by atoms with E-state index in [0.717, 1.165) is 27.1 Å². The Labute approximate surface area is 188 Å². The van der Waals surface area contributed by atoms with E-state index in [1.807, 2.05) is 12.1 Å². The second-order valence-corrected chi connectivity index (χ2v) is 8.96. The minimum absolute atomic E-state index is 0.0688. The van der Waals surface area contributed by atoms with E-state index in [1.54, 1.807) is 19.4 Å². The van der Waals surface area contributed by atoms with Crippen LogP contribution in [0.2, 0.25) is 0 Å². The average Bonchev–Trinajstić information content (AvgIpc) is 2.91. The molecule has 0 amide bonds. The molecule has 0 spiro atoms. The van der Waals surface area contributed by atoms with Crippen LogP contribution in [0, 0.1) is 17.0 Å². The fraction of sp³-hybridized carbons (Fsp3) is 0.348. The smallest absolute Gasteiger partial charge is 0.135 e. The first kappa shape index (κ1) is 21.1. The molecule has 156 valence electrons. The molecule has 1 aromatic carbocycles. The van der Waals surface area contributed by atoms with Gasteiger partial charge in [0.1, 0.15) is 17.4 Å². The number of methoxy groups -OCH3 is 1. The van der Waals surface area contributed by atoms with Gasteiger partial charge in [-0.2, -0.15) is 5.10 Å². The molecule has 0 N–H and O–H groups in total. The van der Waals surface area contributed by atoms with Crippen molar-refractivity contribution in [3.05, 3.63) is 71.2 Å². The van der Waals surface area contributed by atoms with E-state index in [9.17, 15) is 8.78 Å². The van der Waals surface area contributed by atoms with Crippen LogP contribution in [0.1, 0.15) is 43.6 Å². The van der Waals surface area contributed by atoms with Crippen LogP contribution >= 0.6 is 22.6 Å². The van der Waals surface area contributed by atoms with Gasteiger partial charge >= 0.3 is 0 Å². The summed E-state index contributed by atoms with van der Waals surface area (Å²) in [5.41, 5.74) is 1.86. The quantitative estimate of drug-likeness (QED) is 0.327. The number of ether oxygens (including phenoxy) is 1. The largest absolute Gasteiger partial charge is 0.497 e. The number of benzene rings is 1. The molecule has 4 rings (SSSR count). The molecule has 0 saturated heterocycles. The standard InChI is InChI=1S/C23H22F2IN3O/c1-13-15-11-18(20-16(24)6-5-7-17(20)25)28-29-21(15)23(12-26,22(13,2)3)19-10-14(30-4)8-9-27-19/h5-11,13H,12H2,1-4H3/t13-,23-/m0/s1. The Balaban J connectivity index is 1.97. The minimum Gasteiger partial charge on any atom is -0.497 e. The zero-order valence-electron chi connectivity index (χ0n) is 17.2. The van der Waals surface area contributed by atoms with Crippen LogP contribution in [0.25, 0.3) is 11.3 Å². The van der Waals surface area contributed by atoms with Crippen molar-refractivity contribution in [3.63, 3.8) is 0 Å². The Bertz CT molecular complexity index is 1100. The van der Waals surface area contributed by atoms with E-state index >= 15 is 0 Å². The minimum atomic E-state index is -0.649. The van der Waals surface area contributed by atoms with Gasteiger partial charge < -0.3 is 4.74 Å². The van der Waals surface area contributed by atoms with Crippen molar-refractivity contribution in [2.24, 2.45) is 5.41 Å². The molecule has 0 aliphatic heterocycles. The average molecular weight is 521 g/mol. The summed E-state index contributed by atoms with van der Waals surface area (Å²) >= 11 is 2.36. The number of hydrogen-bond donors (Lipinski definition) is 0. The lowest BCUT2D eigenvalue weighted by Gasteiger charge is -2.42. The number of aromatic nitrogens is 3. The summed E-state index contributed by atoms with van der Waals surface area (Å²) in [4.78, 5) is 4.68. The number of hydrogen-bond acceptors (Lipinski definition) is 4. The van der Waals surface area contributed by atoms with E-state index < -0.39 is 17.0 Å². The number of pyridine rings is 1. The second kappa shape index (κ2) is 7.51. The zero-order valence-corrected chi connectivity index (χ0v) is 19.4. The van der Waals surface area contributed by atoms with E-state index in [0.29, 0.717) is 0 Å². The Morgan fingerprint density at radius 2 is 1.80 bits per heavy atom. The van der Waals surface area contributed by atoms with Crippen LogP contribution in [-0.4, -0.2) is 26.7 Å². The third-order valence-electron chi connectivity index (χ3n) is 6.70. The Morgan fingerprint density at radius 3 is 2.43 bits per heavy atom. The molecule has 0 radical (unpaired) electrons. The van der Waals surface area contributed by atoms with Gasteiger partial charge in [0, 0.05) is 16.7 Å². The molecular formula is C23H22F2IN3O. The van der Waals surface area contributed by atoms with Gasteiger partial charge in [0.25, 0.3) is 0 Å². The van der Waals surface area contributed by atoms with Crippen molar-refractivity contribution in [2.75, 3.05) is 11.5 Å². The molecule has 2 aromatic heterocycles. The highest BCUT2D eigenvalue weighted by Crippen LogP contribution is 2.61. The molecule has 1 aliphatic carbocycles. The second-order valence-electron chi connectivity index (χ2n) is 8.19. The summed E-state index contributed by atoms with van der Waals surface area (Å²) in [6.45, 7) is 6.49. The van der Waals surface area contributed by atoms with Crippen LogP contribution in [0.4, 0.5) is 8.78 Å². The maximum absolute atomic E-state index is 14.4. The third-order valence-corrected chi connectivity index (χ3v) is 7.84. The van der Waals surface area contributed by atoms with Crippen LogP contribution < -0.4 is 4.74 Å². The van der Waals surface area contributed by atoms with E-state index in [-0.39, 0.29) is 22.6 Å². The van der Waals surface area contributed by atoms with Gasteiger partial charge in [-0.3, -0.25) is 4.98 Å². The van der Waals surface area contributed by atoms with Gasteiger partial charge in [-0.1, -0.05) is 49.4 Å². The molecular weight excluding hydrogens is 499 g/mol. The number of fused-ring (bicyclic) bond motifs is 1. The molecule has 2 atom stereocenters. The van der Waals surface area contributed by atoms with Gasteiger partial charge in [-0.25, -0.2) is 8.78 Å². The van der Waals surface area contributed by atoms with Crippen LogP contribution in [0.5, 0.6) is 5.75 Å². The fourth-order valence-corrected chi connectivity index (χ4v) is 6.26. The highest BCUT2D eigenvalue weighted by atomic mass is 127. The predicted molar refractivity (Wildman–Crippen MR) is 120 cm³/mol. The Morgan fingerprint density at radius 1 is 1.10 bits per heavy atom. The first-order valence-corrected chi connectivity index (χ1v) is 11.2. The van der Waals surface area contributed by atoms with Gasteiger partial charge in [0.05, 0.1) is 35.2 Å². The van der Waals surface area contributed by atoms with Crippen molar-refractivity contribution < 1.29 is 13.5 Å². The Hall–Kier alpha value is -2.16. The summed E-state index contributed by atoms with van der Waals surface area (Å²) in [6.07, 6.45) is 1.73. The summed E-state index contributed by atoms with van der Waals surface area (Å²) in [6, 6.07) is 9.34. The molecule has 7 heteroatoms. The molecule has 3 aromatic rings. The lowest BCUT2D eigenvalue weighted by molar-refractivity contribution is 0.208. The van der Waals surface area contributed by atoms with Crippen molar-refractivity contribution >= 4 is 22.6 Å². The SMILES string of the molecule is COc1ccnc([C@@]2(CI)c3nnc(-c4c(F)cccc4F)cc3[C@H](C)C2(C)C)c1. The van der Waals surface area contributed by atoms with Gasteiger partial charge in [0.15, 0.2) is 0 Å². The van der Waals surface area contributed by atoms with Crippen molar-refractivity contribution in [1.29, 1.82) is 0 Å². The fourth-order valence-electron chi connectivity index (χ4n) is 4.52. The summed E-state index contributed by atoms with van der Waals surface area (Å²) in [5, 5.41) is 8.81. The van der Waals surface area contributed by atoms with Crippen LogP contribution in [0.15, 0.2) is 42.6 Å². The van der Waals surface area contributed by atoms with Gasteiger partial charge in [0.2, 0.25) is 0 Å². The van der Waals surface area contributed by atoms with Gasteiger partial charge in [-0.15, -0.1) is 5.10 Å². The van der Waals surface area contributed by atoms with E-state index in [4.69, 9.17) is 4.74 Å². The van der Waals surface area contributed by atoms with Crippen molar-refractivity contribution in [1.82, 2.24) is 15.2 Å². The molecule has 0 saturated carbocycles. The molecule has 30 heavy (non-hydrogen) atoms. The lowest BCUT2D eigenvalue weighted by atomic mass is 9.63. The van der Waals surface area contributed by atoms with E-state index in [2.05, 4.69) is 58.5 Å². The predicted octanol–water partition coefficient (Wildman–Crippen LogP) is 5.69. The van der Waals surface area contributed by atoms with Crippen molar-refractivity contribution in [2.45, 2.75) is 32.1 Å². The lowest BCUT2D eigenvalue weighted by Crippen LogP contribution is -2.43. The molecule has 4 nitrogen and oxygen atoms in total. The molecule has 2 heterocycles. The summed E-state index contributed by atoms with van der Waals surface area (Å²) < 4.78 is 34.9. The number of nitrogens with zero attached hydrogens (tertiary/aromatic N) is 3. The molecule has 0 bridgehead atoms. The maximum atomic E-state index is 14.4. The highest BCUT2D eigenvalue weighted by molar-refractivity contribution is 14.1. The topological polar surface area (TPSA) is 47.9 Å². The Kier molecular flexibility index (Phi) is 5.28.